The van der Waals surface area contributed by atoms with E-state index >= 15 is 0 Å². The third-order valence-electron chi connectivity index (χ3n) is 4.28. The van der Waals surface area contributed by atoms with Crippen molar-refractivity contribution < 1.29 is 13.2 Å². The number of fused-ring (bicyclic) bond motifs is 2. The molecule has 2 bridgehead atoms. The molecule has 2 atom stereocenters. The van der Waals surface area contributed by atoms with Gasteiger partial charge in [0.1, 0.15) is 10.6 Å². The Kier molecular flexibility index (Phi) is 3.76. The summed E-state index contributed by atoms with van der Waals surface area (Å²) in [6.07, 6.45) is 3.29. The predicted molar refractivity (Wildman–Crippen MR) is 82.2 cm³/mol. The Balaban J connectivity index is 2.06. The molecule has 2 aliphatic rings. The monoisotopic (exact) mass is 327 g/mol. The van der Waals surface area contributed by atoms with Crippen LogP contribution in [-0.4, -0.2) is 31.9 Å². The van der Waals surface area contributed by atoms with Crippen LogP contribution in [0.2, 0.25) is 5.02 Å². The van der Waals surface area contributed by atoms with Gasteiger partial charge in [0.2, 0.25) is 10.0 Å². The topological polar surface area (TPSA) is 46.6 Å². The van der Waals surface area contributed by atoms with Crippen LogP contribution in [0.15, 0.2) is 35.2 Å². The number of hydrogen-bond donors (Lipinski definition) is 0. The van der Waals surface area contributed by atoms with E-state index < -0.39 is 10.0 Å². The average Bonchev–Trinajstić information content (AvgIpc) is 2.72. The Morgan fingerprint density at radius 2 is 1.90 bits per heavy atom. The molecule has 0 aliphatic carbocycles. The van der Waals surface area contributed by atoms with E-state index in [0.29, 0.717) is 10.8 Å². The van der Waals surface area contributed by atoms with Crippen molar-refractivity contribution >= 4 is 21.6 Å². The minimum atomic E-state index is -3.60. The van der Waals surface area contributed by atoms with Gasteiger partial charge in [0.25, 0.3) is 0 Å². The number of benzene rings is 1. The van der Waals surface area contributed by atoms with Crippen LogP contribution >= 0.6 is 11.6 Å². The van der Waals surface area contributed by atoms with E-state index in [9.17, 15) is 8.42 Å². The van der Waals surface area contributed by atoms with Crippen LogP contribution in [0.4, 0.5) is 0 Å². The predicted octanol–water partition coefficient (Wildman–Crippen LogP) is 3.22. The van der Waals surface area contributed by atoms with Crippen LogP contribution in [-0.2, 0) is 10.0 Å². The van der Waals surface area contributed by atoms with Crippen LogP contribution in [0, 0.1) is 0 Å². The highest BCUT2D eigenvalue weighted by molar-refractivity contribution is 7.89. The fraction of sp³-hybridized carbons (Fsp3) is 0.467. The van der Waals surface area contributed by atoms with Gasteiger partial charge in [0.15, 0.2) is 0 Å². The Hall–Kier alpha value is -1.04. The molecule has 3 rings (SSSR count). The van der Waals surface area contributed by atoms with Crippen molar-refractivity contribution in [1.29, 1.82) is 0 Å². The number of rotatable bonds is 3. The van der Waals surface area contributed by atoms with E-state index in [1.165, 1.54) is 13.2 Å². The largest absolute Gasteiger partial charge is 0.495 e. The first kappa shape index (κ1) is 14.9. The molecule has 0 spiro atoms. The molecule has 0 saturated carbocycles. The van der Waals surface area contributed by atoms with Crippen molar-refractivity contribution in [3.8, 4) is 5.75 Å². The molecule has 1 aromatic rings. The second kappa shape index (κ2) is 5.30. The van der Waals surface area contributed by atoms with E-state index in [1.807, 2.05) is 0 Å². The Morgan fingerprint density at radius 3 is 2.48 bits per heavy atom. The number of nitrogens with zero attached hydrogens (tertiary/aromatic N) is 1. The Morgan fingerprint density at radius 1 is 1.29 bits per heavy atom. The smallest absolute Gasteiger partial charge is 0.247 e. The minimum Gasteiger partial charge on any atom is -0.495 e. The molecule has 0 aromatic heterocycles. The summed E-state index contributed by atoms with van der Waals surface area (Å²) in [4.78, 5) is 0.155. The molecular weight excluding hydrogens is 310 g/mol. The van der Waals surface area contributed by atoms with Gasteiger partial charge < -0.3 is 4.74 Å². The molecule has 114 valence electrons. The maximum absolute atomic E-state index is 13.0. The highest BCUT2D eigenvalue weighted by atomic mass is 35.5. The van der Waals surface area contributed by atoms with Gasteiger partial charge in [-0.05, 0) is 43.9 Å². The molecule has 21 heavy (non-hydrogen) atoms. The molecule has 2 fully saturated rings. The van der Waals surface area contributed by atoms with Gasteiger partial charge in [0, 0.05) is 17.1 Å². The molecule has 0 radical (unpaired) electrons. The van der Waals surface area contributed by atoms with E-state index in [0.717, 1.165) is 31.3 Å². The number of methoxy groups -OCH3 is 1. The Bertz CT molecular complexity index is 670. The standard InChI is InChI=1S/C15H18ClNO3S/c1-10-7-12-4-5-13(8-10)17(12)21(18,19)15-9-11(16)3-6-14(15)20-2/h3,6,9,12-13H,1,4-5,7-8H2,2H3. The fourth-order valence-corrected chi connectivity index (χ4v) is 5.72. The first-order valence-electron chi connectivity index (χ1n) is 6.97. The van der Waals surface area contributed by atoms with Crippen LogP contribution < -0.4 is 4.74 Å². The maximum Gasteiger partial charge on any atom is 0.247 e. The molecule has 4 nitrogen and oxygen atoms in total. The van der Waals surface area contributed by atoms with Crippen molar-refractivity contribution in [3.05, 3.63) is 35.4 Å². The first-order valence-corrected chi connectivity index (χ1v) is 8.79. The molecule has 6 heteroatoms. The van der Waals surface area contributed by atoms with E-state index in [4.69, 9.17) is 16.3 Å². The second-order valence-corrected chi connectivity index (χ2v) is 7.92. The van der Waals surface area contributed by atoms with E-state index in [1.54, 1.807) is 16.4 Å². The lowest BCUT2D eigenvalue weighted by atomic mass is 10.0. The maximum atomic E-state index is 13.0. The lowest BCUT2D eigenvalue weighted by molar-refractivity contribution is 0.284. The summed E-state index contributed by atoms with van der Waals surface area (Å²) in [5.74, 6) is 0.336. The lowest BCUT2D eigenvalue weighted by Crippen LogP contribution is -2.44. The SMILES string of the molecule is C=C1CC2CCC(C1)N2S(=O)(=O)c1cc(Cl)ccc1OC. The van der Waals surface area contributed by atoms with Gasteiger partial charge in [-0.25, -0.2) is 8.42 Å². The van der Waals surface area contributed by atoms with Gasteiger partial charge in [-0.15, -0.1) is 0 Å². The van der Waals surface area contributed by atoms with Crippen molar-refractivity contribution in [1.82, 2.24) is 4.31 Å². The minimum absolute atomic E-state index is 0.0185. The van der Waals surface area contributed by atoms with Crippen LogP contribution in [0.25, 0.3) is 0 Å². The van der Waals surface area contributed by atoms with Crippen LogP contribution in [0.3, 0.4) is 0 Å². The zero-order valence-electron chi connectivity index (χ0n) is 11.9. The molecule has 2 heterocycles. The number of sulfonamides is 1. The lowest BCUT2D eigenvalue weighted by Gasteiger charge is -2.35. The molecule has 1 aromatic carbocycles. The van der Waals surface area contributed by atoms with Gasteiger partial charge >= 0.3 is 0 Å². The molecule has 2 saturated heterocycles. The van der Waals surface area contributed by atoms with Gasteiger partial charge in [-0.2, -0.15) is 4.31 Å². The van der Waals surface area contributed by atoms with Gasteiger partial charge in [-0.3, -0.25) is 0 Å². The number of halogens is 1. The molecule has 0 amide bonds. The summed E-state index contributed by atoms with van der Waals surface area (Å²) in [7, 11) is -2.14. The second-order valence-electron chi connectivity index (χ2n) is 5.67. The molecular formula is C15H18ClNO3S. The van der Waals surface area contributed by atoms with Crippen molar-refractivity contribution in [2.45, 2.75) is 42.7 Å². The molecule has 0 N–H and O–H groups in total. The van der Waals surface area contributed by atoms with Gasteiger partial charge in [0.05, 0.1) is 7.11 Å². The highest BCUT2D eigenvalue weighted by Gasteiger charge is 2.46. The first-order chi connectivity index (χ1) is 9.93. The Labute approximate surface area is 130 Å². The number of ether oxygens (including phenoxy) is 1. The molecule has 2 aliphatic heterocycles. The summed E-state index contributed by atoms with van der Waals surface area (Å²) in [5.41, 5.74) is 1.15. The summed E-state index contributed by atoms with van der Waals surface area (Å²) in [6.45, 7) is 4.02. The zero-order chi connectivity index (χ0) is 15.2. The third kappa shape index (κ3) is 2.47. The average molecular weight is 328 g/mol. The van der Waals surface area contributed by atoms with Crippen molar-refractivity contribution in [2.75, 3.05) is 7.11 Å². The summed E-state index contributed by atoms with van der Waals surface area (Å²) in [6, 6.07) is 4.74. The summed E-state index contributed by atoms with van der Waals surface area (Å²) < 4.78 is 32.9. The number of hydrogen-bond acceptors (Lipinski definition) is 3. The normalized spacial score (nSPS) is 26.1. The van der Waals surface area contributed by atoms with Crippen LogP contribution in [0.1, 0.15) is 25.7 Å². The quantitative estimate of drug-likeness (QED) is 0.801. The van der Waals surface area contributed by atoms with Gasteiger partial charge in [-0.1, -0.05) is 23.8 Å². The summed E-state index contributed by atoms with van der Waals surface area (Å²) >= 11 is 5.98. The zero-order valence-corrected chi connectivity index (χ0v) is 13.5. The van der Waals surface area contributed by atoms with E-state index in [-0.39, 0.29) is 17.0 Å². The van der Waals surface area contributed by atoms with Crippen molar-refractivity contribution in [2.24, 2.45) is 0 Å². The summed E-state index contributed by atoms with van der Waals surface area (Å²) in [5, 5.41) is 0.392. The third-order valence-corrected chi connectivity index (χ3v) is 6.54. The highest BCUT2D eigenvalue weighted by Crippen LogP contribution is 2.43. The van der Waals surface area contributed by atoms with Crippen LogP contribution in [0.5, 0.6) is 5.75 Å². The van der Waals surface area contributed by atoms with E-state index in [2.05, 4.69) is 6.58 Å². The van der Waals surface area contributed by atoms with Crippen molar-refractivity contribution in [3.63, 3.8) is 0 Å². The fourth-order valence-electron chi connectivity index (χ4n) is 3.43. The molecule has 2 unspecified atom stereocenters. The number of piperidine rings is 1.